The summed E-state index contributed by atoms with van der Waals surface area (Å²) < 4.78 is 10.5. The van der Waals surface area contributed by atoms with E-state index in [-0.39, 0.29) is 5.91 Å². The highest BCUT2D eigenvalue weighted by Gasteiger charge is 2.07. The van der Waals surface area contributed by atoms with Crippen LogP contribution in [0.1, 0.15) is 11.1 Å². The number of carbonyl (C=O) groups excluding carboxylic acids is 1. The lowest BCUT2D eigenvalue weighted by Gasteiger charge is -2.16. The van der Waals surface area contributed by atoms with E-state index >= 15 is 0 Å². The van der Waals surface area contributed by atoms with Crippen LogP contribution in [0.4, 0.5) is 0 Å². The number of likely N-dealkylation sites (N-methyl/N-ethyl adjacent to an activating group) is 1. The molecule has 0 saturated heterocycles. The number of benzene rings is 2. The second kappa shape index (κ2) is 10.8. The van der Waals surface area contributed by atoms with Crippen LogP contribution in [0.15, 0.2) is 48.5 Å². The smallest absolute Gasteiger partial charge is 0.234 e. The molecule has 0 atom stereocenters. The minimum atomic E-state index is -0.0186. The summed E-state index contributed by atoms with van der Waals surface area (Å²) in [5.41, 5.74) is 2.10. The van der Waals surface area contributed by atoms with Crippen LogP contribution in [0.2, 0.25) is 5.02 Å². The van der Waals surface area contributed by atoms with Crippen molar-refractivity contribution in [3.05, 3.63) is 64.7 Å². The molecule has 0 spiro atoms. The molecule has 140 valence electrons. The maximum atomic E-state index is 12.1. The molecule has 0 aliphatic heterocycles. The van der Waals surface area contributed by atoms with Gasteiger partial charge in [-0.05, 0) is 42.4 Å². The highest BCUT2D eigenvalue weighted by Crippen LogP contribution is 2.13. The molecule has 0 aromatic heterocycles. The lowest BCUT2D eigenvalue weighted by molar-refractivity contribution is -0.122. The second-order valence-corrected chi connectivity index (χ2v) is 6.50. The van der Waals surface area contributed by atoms with E-state index in [1.54, 1.807) is 7.11 Å². The van der Waals surface area contributed by atoms with Crippen LogP contribution in [0.5, 0.6) is 5.75 Å². The number of nitrogens with one attached hydrogen (secondary N) is 1. The molecular weight excluding hydrogens is 352 g/mol. The van der Waals surface area contributed by atoms with E-state index in [0.717, 1.165) is 16.9 Å². The molecule has 2 aromatic carbocycles. The normalized spacial score (nSPS) is 10.8. The molecule has 0 aliphatic rings. The molecule has 1 amide bonds. The average Bonchev–Trinajstić information content (AvgIpc) is 2.61. The number of hydrogen-bond donors (Lipinski definition) is 1. The molecule has 0 saturated carbocycles. The summed E-state index contributed by atoms with van der Waals surface area (Å²) in [5, 5.41) is 3.64. The molecule has 2 rings (SSSR count). The number of rotatable bonds is 10. The second-order valence-electron chi connectivity index (χ2n) is 6.06. The van der Waals surface area contributed by atoms with Crippen LogP contribution < -0.4 is 10.1 Å². The zero-order valence-corrected chi connectivity index (χ0v) is 16.0. The van der Waals surface area contributed by atoms with Crippen LogP contribution in [-0.4, -0.2) is 44.7 Å². The number of amides is 1. The first-order chi connectivity index (χ1) is 12.6. The summed E-state index contributed by atoms with van der Waals surface area (Å²) in [4.78, 5) is 14.1. The molecule has 26 heavy (non-hydrogen) atoms. The van der Waals surface area contributed by atoms with E-state index in [1.807, 2.05) is 60.5 Å². The minimum Gasteiger partial charge on any atom is -0.491 e. The van der Waals surface area contributed by atoms with Gasteiger partial charge in [0.1, 0.15) is 12.4 Å². The molecule has 0 bridgehead atoms. The van der Waals surface area contributed by atoms with Crippen LogP contribution in [0.3, 0.4) is 0 Å². The van der Waals surface area contributed by atoms with Gasteiger partial charge in [0.2, 0.25) is 5.91 Å². The molecule has 0 fully saturated rings. The third-order valence-electron chi connectivity index (χ3n) is 3.72. The van der Waals surface area contributed by atoms with E-state index in [2.05, 4.69) is 5.32 Å². The van der Waals surface area contributed by atoms with Crippen molar-refractivity contribution >= 4 is 17.5 Å². The van der Waals surface area contributed by atoms with Crippen LogP contribution in [-0.2, 0) is 22.6 Å². The molecule has 0 heterocycles. The standard InChI is InChI=1S/C20H25ClN2O3/c1-23(14-17-4-3-5-18(21)12-17)15-20(24)22-13-16-6-8-19(9-7-16)26-11-10-25-2/h3-9,12H,10-11,13-15H2,1-2H3,(H,22,24). The molecule has 0 unspecified atom stereocenters. The van der Waals surface area contributed by atoms with Gasteiger partial charge in [-0.2, -0.15) is 0 Å². The quantitative estimate of drug-likeness (QED) is 0.647. The number of halogens is 1. The Hall–Kier alpha value is -2.08. The Labute approximate surface area is 159 Å². The number of hydrogen-bond acceptors (Lipinski definition) is 4. The molecule has 0 radical (unpaired) electrons. The van der Waals surface area contributed by atoms with E-state index in [9.17, 15) is 4.79 Å². The fourth-order valence-corrected chi connectivity index (χ4v) is 2.66. The first-order valence-corrected chi connectivity index (χ1v) is 8.85. The molecule has 1 N–H and O–H groups in total. The predicted molar refractivity (Wildman–Crippen MR) is 103 cm³/mol. The summed E-state index contributed by atoms with van der Waals surface area (Å²) >= 11 is 5.99. The number of methoxy groups -OCH3 is 1. The van der Waals surface area contributed by atoms with E-state index in [1.165, 1.54) is 0 Å². The monoisotopic (exact) mass is 376 g/mol. The summed E-state index contributed by atoms with van der Waals surface area (Å²) in [6.07, 6.45) is 0. The summed E-state index contributed by atoms with van der Waals surface area (Å²) in [7, 11) is 3.55. The van der Waals surface area contributed by atoms with Crippen molar-refractivity contribution in [1.82, 2.24) is 10.2 Å². The zero-order valence-electron chi connectivity index (χ0n) is 15.2. The van der Waals surface area contributed by atoms with Crippen molar-refractivity contribution in [1.29, 1.82) is 0 Å². The van der Waals surface area contributed by atoms with Gasteiger partial charge < -0.3 is 14.8 Å². The first-order valence-electron chi connectivity index (χ1n) is 8.47. The van der Waals surface area contributed by atoms with Gasteiger partial charge in [-0.25, -0.2) is 0 Å². The molecular formula is C20H25ClN2O3. The first kappa shape index (κ1) is 20.2. The van der Waals surface area contributed by atoms with E-state index in [4.69, 9.17) is 21.1 Å². The number of ether oxygens (including phenoxy) is 2. The van der Waals surface area contributed by atoms with Crippen LogP contribution in [0, 0.1) is 0 Å². The molecule has 5 nitrogen and oxygen atoms in total. The van der Waals surface area contributed by atoms with Crippen molar-refractivity contribution < 1.29 is 14.3 Å². The Morgan fingerprint density at radius 3 is 2.58 bits per heavy atom. The minimum absolute atomic E-state index is 0.0186. The largest absolute Gasteiger partial charge is 0.491 e. The average molecular weight is 377 g/mol. The van der Waals surface area contributed by atoms with Gasteiger partial charge in [-0.15, -0.1) is 0 Å². The lowest BCUT2D eigenvalue weighted by atomic mass is 10.2. The highest BCUT2D eigenvalue weighted by atomic mass is 35.5. The van der Waals surface area contributed by atoms with Crippen LogP contribution >= 0.6 is 11.6 Å². The van der Waals surface area contributed by atoms with Gasteiger partial charge in [-0.3, -0.25) is 9.69 Å². The lowest BCUT2D eigenvalue weighted by Crippen LogP contribution is -2.34. The maximum Gasteiger partial charge on any atom is 0.234 e. The highest BCUT2D eigenvalue weighted by molar-refractivity contribution is 6.30. The molecule has 0 aliphatic carbocycles. The predicted octanol–water partition coefficient (Wildman–Crippen LogP) is 3.11. The number of nitrogens with zero attached hydrogens (tertiary/aromatic N) is 1. The van der Waals surface area contributed by atoms with E-state index in [0.29, 0.717) is 37.9 Å². The topological polar surface area (TPSA) is 50.8 Å². The van der Waals surface area contributed by atoms with Gasteiger partial charge in [0.05, 0.1) is 13.2 Å². The van der Waals surface area contributed by atoms with Crippen molar-refractivity contribution in [2.75, 3.05) is 33.9 Å². The van der Waals surface area contributed by atoms with Crippen molar-refractivity contribution in [3.63, 3.8) is 0 Å². The fraction of sp³-hybridized carbons (Fsp3) is 0.350. The summed E-state index contributed by atoms with van der Waals surface area (Å²) in [6.45, 7) is 2.56. The Morgan fingerprint density at radius 2 is 1.88 bits per heavy atom. The summed E-state index contributed by atoms with van der Waals surface area (Å²) in [6, 6.07) is 15.3. The SMILES string of the molecule is COCCOc1ccc(CNC(=O)CN(C)Cc2cccc(Cl)c2)cc1. The van der Waals surface area contributed by atoms with Crippen LogP contribution in [0.25, 0.3) is 0 Å². The van der Waals surface area contributed by atoms with Gasteiger partial charge in [0.25, 0.3) is 0 Å². The van der Waals surface area contributed by atoms with Crippen molar-refractivity contribution in [2.45, 2.75) is 13.1 Å². The fourth-order valence-electron chi connectivity index (χ4n) is 2.45. The Bertz CT molecular complexity index is 692. The van der Waals surface area contributed by atoms with Crippen molar-refractivity contribution in [3.8, 4) is 5.75 Å². The Balaban J connectivity index is 1.72. The van der Waals surface area contributed by atoms with Crippen molar-refractivity contribution in [2.24, 2.45) is 0 Å². The van der Waals surface area contributed by atoms with Gasteiger partial charge in [0.15, 0.2) is 0 Å². The third kappa shape index (κ3) is 7.44. The zero-order chi connectivity index (χ0) is 18.8. The van der Waals surface area contributed by atoms with Gasteiger partial charge in [0, 0.05) is 25.2 Å². The maximum absolute atomic E-state index is 12.1. The molecule has 2 aromatic rings. The van der Waals surface area contributed by atoms with E-state index < -0.39 is 0 Å². The third-order valence-corrected chi connectivity index (χ3v) is 3.96. The summed E-state index contributed by atoms with van der Waals surface area (Å²) in [5.74, 6) is 0.772. The Morgan fingerprint density at radius 1 is 1.12 bits per heavy atom. The van der Waals surface area contributed by atoms with Gasteiger partial charge in [-0.1, -0.05) is 35.9 Å². The number of carbonyl (C=O) groups is 1. The van der Waals surface area contributed by atoms with Gasteiger partial charge >= 0.3 is 0 Å². The Kier molecular flexibility index (Phi) is 8.41. The molecule has 6 heteroatoms.